The number of aryl methyl sites for hydroxylation is 1. The molecule has 6 heteroatoms. The van der Waals surface area contributed by atoms with Crippen molar-refractivity contribution in [2.45, 2.75) is 6.92 Å². The van der Waals surface area contributed by atoms with Crippen LogP contribution in [0.5, 0.6) is 11.5 Å². The van der Waals surface area contributed by atoms with Crippen molar-refractivity contribution in [3.8, 4) is 11.5 Å². The summed E-state index contributed by atoms with van der Waals surface area (Å²) < 4.78 is 10.5. The molecule has 0 aliphatic heterocycles. The molecule has 0 aliphatic rings. The van der Waals surface area contributed by atoms with Crippen molar-refractivity contribution < 1.29 is 14.3 Å². The highest BCUT2D eigenvalue weighted by Gasteiger charge is 2.09. The molecule has 2 aromatic rings. The number of carbonyl (C=O) groups excluding carboxylic acids is 1. The zero-order chi connectivity index (χ0) is 16.8. The van der Waals surface area contributed by atoms with Gasteiger partial charge in [0.05, 0.1) is 31.0 Å². The fourth-order valence-electron chi connectivity index (χ4n) is 2.00. The third-order valence-corrected chi connectivity index (χ3v) is 3.59. The highest BCUT2D eigenvalue weighted by Crippen LogP contribution is 2.29. The second kappa shape index (κ2) is 7.65. The number of amides is 1. The SMILES string of the molecule is COc1cc(C)c(/C=N\NC(=O)c2ccccc2Cl)cc1OC. The van der Waals surface area contributed by atoms with Gasteiger partial charge in [0.25, 0.3) is 5.91 Å². The summed E-state index contributed by atoms with van der Waals surface area (Å²) >= 11 is 5.97. The second-order valence-corrected chi connectivity index (χ2v) is 5.15. The van der Waals surface area contributed by atoms with Crippen molar-refractivity contribution in [1.29, 1.82) is 0 Å². The molecule has 0 heterocycles. The summed E-state index contributed by atoms with van der Waals surface area (Å²) in [5.41, 5.74) is 4.58. The van der Waals surface area contributed by atoms with Gasteiger partial charge < -0.3 is 9.47 Å². The van der Waals surface area contributed by atoms with Gasteiger partial charge in [-0.15, -0.1) is 0 Å². The molecule has 23 heavy (non-hydrogen) atoms. The van der Waals surface area contributed by atoms with Gasteiger partial charge in [0.15, 0.2) is 11.5 Å². The maximum atomic E-state index is 12.0. The van der Waals surface area contributed by atoms with E-state index < -0.39 is 0 Å². The minimum atomic E-state index is -0.370. The lowest BCUT2D eigenvalue weighted by Gasteiger charge is -2.10. The molecule has 0 bridgehead atoms. The number of rotatable bonds is 5. The number of hydrogen-bond donors (Lipinski definition) is 1. The Balaban J connectivity index is 2.15. The van der Waals surface area contributed by atoms with Gasteiger partial charge in [-0.05, 0) is 36.8 Å². The number of hydrogen-bond acceptors (Lipinski definition) is 4. The molecule has 0 saturated heterocycles. The lowest BCUT2D eigenvalue weighted by molar-refractivity contribution is 0.0955. The van der Waals surface area contributed by atoms with Crippen molar-refractivity contribution in [3.05, 3.63) is 58.1 Å². The zero-order valence-electron chi connectivity index (χ0n) is 13.1. The van der Waals surface area contributed by atoms with Gasteiger partial charge in [-0.1, -0.05) is 23.7 Å². The van der Waals surface area contributed by atoms with E-state index in [0.29, 0.717) is 22.1 Å². The van der Waals surface area contributed by atoms with E-state index in [0.717, 1.165) is 11.1 Å². The molecule has 0 saturated carbocycles. The highest BCUT2D eigenvalue weighted by molar-refractivity contribution is 6.33. The third kappa shape index (κ3) is 4.02. The first kappa shape index (κ1) is 16.8. The van der Waals surface area contributed by atoms with Crippen molar-refractivity contribution in [2.75, 3.05) is 14.2 Å². The van der Waals surface area contributed by atoms with E-state index in [1.54, 1.807) is 50.8 Å². The summed E-state index contributed by atoms with van der Waals surface area (Å²) in [4.78, 5) is 12.0. The molecule has 5 nitrogen and oxygen atoms in total. The fraction of sp³-hybridized carbons (Fsp3) is 0.176. The first-order valence-corrected chi connectivity index (χ1v) is 7.25. The van der Waals surface area contributed by atoms with Gasteiger partial charge >= 0.3 is 0 Å². The number of halogens is 1. The quantitative estimate of drug-likeness (QED) is 0.674. The van der Waals surface area contributed by atoms with Crippen LogP contribution < -0.4 is 14.9 Å². The van der Waals surface area contributed by atoms with Gasteiger partial charge in [0.2, 0.25) is 0 Å². The molecular weight excluding hydrogens is 316 g/mol. The largest absolute Gasteiger partial charge is 0.493 e. The van der Waals surface area contributed by atoms with Crippen LogP contribution in [0.1, 0.15) is 21.5 Å². The average Bonchev–Trinajstić information content (AvgIpc) is 2.56. The van der Waals surface area contributed by atoms with Crippen LogP contribution in [-0.4, -0.2) is 26.3 Å². The molecule has 0 unspecified atom stereocenters. The Bertz CT molecular complexity index is 745. The van der Waals surface area contributed by atoms with Crippen molar-refractivity contribution in [2.24, 2.45) is 5.10 Å². The lowest BCUT2D eigenvalue weighted by Crippen LogP contribution is -2.18. The second-order valence-electron chi connectivity index (χ2n) is 4.74. The fourth-order valence-corrected chi connectivity index (χ4v) is 2.22. The minimum absolute atomic E-state index is 0.370. The normalized spacial score (nSPS) is 10.6. The van der Waals surface area contributed by atoms with E-state index in [9.17, 15) is 4.79 Å². The van der Waals surface area contributed by atoms with E-state index in [4.69, 9.17) is 21.1 Å². The summed E-state index contributed by atoms with van der Waals surface area (Å²) in [6.07, 6.45) is 1.55. The Labute approximate surface area is 139 Å². The van der Waals surface area contributed by atoms with Crippen LogP contribution in [0.4, 0.5) is 0 Å². The number of nitrogens with zero attached hydrogens (tertiary/aromatic N) is 1. The first-order valence-electron chi connectivity index (χ1n) is 6.87. The summed E-state index contributed by atoms with van der Waals surface area (Å²) in [7, 11) is 3.14. The van der Waals surface area contributed by atoms with E-state index in [1.807, 2.05) is 13.0 Å². The van der Waals surface area contributed by atoms with Crippen LogP contribution in [0.3, 0.4) is 0 Å². The molecule has 0 fully saturated rings. The monoisotopic (exact) mass is 332 g/mol. The van der Waals surface area contributed by atoms with Gasteiger partial charge in [0, 0.05) is 5.56 Å². The third-order valence-electron chi connectivity index (χ3n) is 3.26. The molecule has 1 amide bonds. The Morgan fingerprint density at radius 2 is 1.83 bits per heavy atom. The van der Waals surface area contributed by atoms with E-state index in [2.05, 4.69) is 10.5 Å². The van der Waals surface area contributed by atoms with Crippen LogP contribution >= 0.6 is 11.6 Å². The molecule has 120 valence electrons. The Hall–Kier alpha value is -2.53. The van der Waals surface area contributed by atoms with Gasteiger partial charge in [0.1, 0.15) is 0 Å². The first-order chi connectivity index (χ1) is 11.1. The number of benzene rings is 2. The molecule has 2 rings (SSSR count). The zero-order valence-corrected chi connectivity index (χ0v) is 13.8. The standard InChI is InChI=1S/C17H17ClN2O3/c1-11-8-15(22-2)16(23-3)9-12(11)10-19-20-17(21)13-6-4-5-7-14(13)18/h4-10H,1-3H3,(H,20,21)/b19-10-. The molecule has 2 aromatic carbocycles. The molecule has 0 radical (unpaired) electrons. The van der Waals surface area contributed by atoms with Crippen molar-refractivity contribution in [3.63, 3.8) is 0 Å². The van der Waals surface area contributed by atoms with Crippen LogP contribution in [0.25, 0.3) is 0 Å². The van der Waals surface area contributed by atoms with Crippen molar-refractivity contribution >= 4 is 23.7 Å². The van der Waals surface area contributed by atoms with E-state index in [-0.39, 0.29) is 5.91 Å². The molecule has 1 N–H and O–H groups in total. The van der Waals surface area contributed by atoms with Crippen molar-refractivity contribution in [1.82, 2.24) is 5.43 Å². The summed E-state index contributed by atoms with van der Waals surface area (Å²) in [5, 5.41) is 4.35. The Morgan fingerprint density at radius 1 is 1.17 bits per heavy atom. The van der Waals surface area contributed by atoms with Gasteiger partial charge in [-0.3, -0.25) is 4.79 Å². The molecular formula is C17H17ClN2O3. The number of ether oxygens (including phenoxy) is 2. The topological polar surface area (TPSA) is 59.9 Å². The van der Waals surface area contributed by atoms with Gasteiger partial charge in [-0.2, -0.15) is 5.10 Å². The predicted molar refractivity (Wildman–Crippen MR) is 90.8 cm³/mol. The Kier molecular flexibility index (Phi) is 5.60. The molecule has 0 aliphatic carbocycles. The van der Waals surface area contributed by atoms with Crippen LogP contribution in [-0.2, 0) is 0 Å². The number of hydrazone groups is 1. The number of carbonyl (C=O) groups is 1. The minimum Gasteiger partial charge on any atom is -0.493 e. The number of nitrogens with one attached hydrogen (secondary N) is 1. The Morgan fingerprint density at radius 3 is 2.48 bits per heavy atom. The van der Waals surface area contributed by atoms with E-state index >= 15 is 0 Å². The van der Waals surface area contributed by atoms with Crippen LogP contribution in [0.15, 0.2) is 41.5 Å². The smallest absolute Gasteiger partial charge is 0.272 e. The average molecular weight is 333 g/mol. The predicted octanol–water partition coefficient (Wildman–Crippen LogP) is 3.43. The molecule has 0 spiro atoms. The molecule has 0 atom stereocenters. The maximum absolute atomic E-state index is 12.0. The van der Waals surface area contributed by atoms with Crippen LogP contribution in [0.2, 0.25) is 5.02 Å². The van der Waals surface area contributed by atoms with Gasteiger partial charge in [-0.25, -0.2) is 5.43 Å². The summed E-state index contributed by atoms with van der Waals surface area (Å²) in [5.74, 6) is 0.865. The highest BCUT2D eigenvalue weighted by atomic mass is 35.5. The lowest BCUT2D eigenvalue weighted by atomic mass is 10.1. The summed E-state index contributed by atoms with van der Waals surface area (Å²) in [6.45, 7) is 1.92. The van der Waals surface area contributed by atoms with E-state index in [1.165, 1.54) is 0 Å². The number of methoxy groups -OCH3 is 2. The molecule has 0 aromatic heterocycles. The van der Waals surface area contributed by atoms with Crippen LogP contribution in [0, 0.1) is 6.92 Å². The summed E-state index contributed by atoms with van der Waals surface area (Å²) in [6, 6.07) is 10.4. The maximum Gasteiger partial charge on any atom is 0.272 e.